The van der Waals surface area contributed by atoms with E-state index in [0.29, 0.717) is 13.2 Å². The van der Waals surface area contributed by atoms with E-state index in [1.165, 1.54) is 16.0 Å². The van der Waals surface area contributed by atoms with Crippen molar-refractivity contribution in [2.24, 2.45) is 0 Å². The fraction of sp³-hybridized carbons (Fsp3) is 0.286. The third-order valence-electron chi connectivity index (χ3n) is 4.47. The van der Waals surface area contributed by atoms with Gasteiger partial charge in [-0.3, -0.25) is 0 Å². The second-order valence-electron chi connectivity index (χ2n) is 6.42. The zero-order chi connectivity index (χ0) is 17.9. The lowest BCUT2D eigenvalue weighted by Gasteiger charge is -2.19. The number of hydrogen-bond acceptors (Lipinski definition) is 5. The minimum atomic E-state index is 0.234. The molecule has 0 spiro atoms. The molecule has 1 atom stereocenters. The van der Waals surface area contributed by atoms with Crippen molar-refractivity contribution in [2.75, 3.05) is 13.2 Å². The fourth-order valence-electron chi connectivity index (χ4n) is 3.08. The monoisotopic (exact) mass is 366 g/mol. The number of hydrogen-bond donors (Lipinski definition) is 1. The summed E-state index contributed by atoms with van der Waals surface area (Å²) in [5.41, 5.74) is 3.45. The van der Waals surface area contributed by atoms with Crippen LogP contribution < -0.4 is 14.8 Å². The first-order valence-electron chi connectivity index (χ1n) is 8.85. The molecular weight excluding hydrogens is 344 g/mol. The van der Waals surface area contributed by atoms with Crippen LogP contribution in [0.2, 0.25) is 0 Å². The molecule has 1 N–H and O–H groups in total. The molecular formula is C21H22N2O2S. The van der Waals surface area contributed by atoms with E-state index in [-0.39, 0.29) is 6.04 Å². The summed E-state index contributed by atoms with van der Waals surface area (Å²) in [6, 6.07) is 16.7. The van der Waals surface area contributed by atoms with Crippen molar-refractivity contribution < 1.29 is 9.47 Å². The second kappa shape index (κ2) is 7.48. The SMILES string of the molecule is Cc1nc(-c2ccccc2)sc1C(C)NCc1ccc2c(c1)OCCO2. The molecule has 0 fully saturated rings. The third-order valence-corrected chi connectivity index (χ3v) is 5.85. The Kier molecular flexibility index (Phi) is 4.91. The topological polar surface area (TPSA) is 43.4 Å². The van der Waals surface area contributed by atoms with Crippen molar-refractivity contribution in [3.05, 3.63) is 64.7 Å². The van der Waals surface area contributed by atoms with Gasteiger partial charge < -0.3 is 14.8 Å². The Morgan fingerprint density at radius 1 is 1.08 bits per heavy atom. The molecule has 0 saturated heterocycles. The number of ether oxygens (including phenoxy) is 2. The van der Waals surface area contributed by atoms with Crippen molar-refractivity contribution in [3.8, 4) is 22.1 Å². The quantitative estimate of drug-likeness (QED) is 0.708. The lowest BCUT2D eigenvalue weighted by Crippen LogP contribution is -2.19. The molecule has 0 saturated carbocycles. The highest BCUT2D eigenvalue weighted by molar-refractivity contribution is 7.15. The molecule has 1 unspecified atom stereocenters. The lowest BCUT2D eigenvalue weighted by atomic mass is 10.1. The van der Waals surface area contributed by atoms with Gasteiger partial charge >= 0.3 is 0 Å². The van der Waals surface area contributed by atoms with E-state index in [1.54, 1.807) is 11.3 Å². The summed E-state index contributed by atoms with van der Waals surface area (Å²) >= 11 is 1.76. The van der Waals surface area contributed by atoms with Gasteiger partial charge in [-0.2, -0.15) is 0 Å². The summed E-state index contributed by atoms with van der Waals surface area (Å²) in [5, 5.41) is 4.68. The van der Waals surface area contributed by atoms with Gasteiger partial charge in [0.15, 0.2) is 11.5 Å². The highest BCUT2D eigenvalue weighted by Gasteiger charge is 2.16. The molecule has 1 aliphatic heterocycles. The maximum absolute atomic E-state index is 5.67. The van der Waals surface area contributed by atoms with Crippen LogP contribution in [0, 0.1) is 6.92 Å². The van der Waals surface area contributed by atoms with Crippen LogP contribution in [0.3, 0.4) is 0 Å². The van der Waals surface area contributed by atoms with Crippen LogP contribution in [-0.4, -0.2) is 18.2 Å². The van der Waals surface area contributed by atoms with Crippen LogP contribution in [0.25, 0.3) is 10.6 Å². The summed E-state index contributed by atoms with van der Waals surface area (Å²) in [6.45, 7) is 6.28. The molecule has 4 rings (SSSR count). The number of nitrogens with zero attached hydrogens (tertiary/aromatic N) is 1. The van der Waals surface area contributed by atoms with Gasteiger partial charge in [-0.15, -0.1) is 11.3 Å². The zero-order valence-electron chi connectivity index (χ0n) is 15.0. The molecule has 2 aromatic carbocycles. The molecule has 1 aliphatic rings. The molecule has 134 valence electrons. The van der Waals surface area contributed by atoms with E-state index in [2.05, 4.69) is 55.6 Å². The number of thiazole rings is 1. The van der Waals surface area contributed by atoms with E-state index < -0.39 is 0 Å². The van der Waals surface area contributed by atoms with E-state index in [9.17, 15) is 0 Å². The van der Waals surface area contributed by atoms with Gasteiger partial charge in [-0.25, -0.2) is 4.98 Å². The predicted octanol–water partition coefficient (Wildman–Crippen LogP) is 4.74. The van der Waals surface area contributed by atoms with Gasteiger partial charge in [0, 0.05) is 23.0 Å². The predicted molar refractivity (Wildman–Crippen MR) is 105 cm³/mol. The lowest BCUT2D eigenvalue weighted by molar-refractivity contribution is 0.171. The van der Waals surface area contributed by atoms with Gasteiger partial charge in [0.2, 0.25) is 0 Å². The Labute approximate surface area is 157 Å². The Morgan fingerprint density at radius 2 is 1.85 bits per heavy atom. The van der Waals surface area contributed by atoms with Crippen LogP contribution in [0.1, 0.15) is 29.1 Å². The maximum Gasteiger partial charge on any atom is 0.161 e. The van der Waals surface area contributed by atoms with E-state index >= 15 is 0 Å². The molecule has 26 heavy (non-hydrogen) atoms. The largest absolute Gasteiger partial charge is 0.486 e. The van der Waals surface area contributed by atoms with Crippen molar-refractivity contribution in [2.45, 2.75) is 26.4 Å². The van der Waals surface area contributed by atoms with Crippen molar-refractivity contribution >= 4 is 11.3 Å². The Bertz CT molecular complexity index is 892. The molecule has 0 bridgehead atoms. The maximum atomic E-state index is 5.67. The first-order valence-corrected chi connectivity index (χ1v) is 9.67. The van der Waals surface area contributed by atoms with Gasteiger partial charge in [-0.05, 0) is 31.5 Å². The average Bonchev–Trinajstić information content (AvgIpc) is 3.08. The van der Waals surface area contributed by atoms with Crippen LogP contribution in [0.4, 0.5) is 0 Å². The average molecular weight is 366 g/mol. The van der Waals surface area contributed by atoms with Gasteiger partial charge in [0.1, 0.15) is 18.2 Å². The van der Waals surface area contributed by atoms with Crippen molar-refractivity contribution in [3.63, 3.8) is 0 Å². The van der Waals surface area contributed by atoms with Crippen molar-refractivity contribution in [1.82, 2.24) is 10.3 Å². The first kappa shape index (κ1) is 17.1. The van der Waals surface area contributed by atoms with Crippen molar-refractivity contribution in [1.29, 1.82) is 0 Å². The smallest absolute Gasteiger partial charge is 0.161 e. The van der Waals surface area contributed by atoms with Gasteiger partial charge in [-0.1, -0.05) is 36.4 Å². The molecule has 0 aliphatic carbocycles. The Balaban J connectivity index is 1.45. The molecule has 1 aromatic heterocycles. The zero-order valence-corrected chi connectivity index (χ0v) is 15.8. The first-order chi connectivity index (χ1) is 12.7. The highest BCUT2D eigenvalue weighted by Crippen LogP contribution is 2.33. The Hall–Kier alpha value is -2.37. The number of nitrogens with one attached hydrogen (secondary N) is 1. The third kappa shape index (κ3) is 3.59. The summed E-state index contributed by atoms with van der Waals surface area (Å²) in [4.78, 5) is 6.04. The standard InChI is InChI=1S/C21H22N2O2S/c1-14(20-15(2)23-21(26-20)17-6-4-3-5-7-17)22-13-16-8-9-18-19(12-16)25-11-10-24-18/h3-9,12,14,22H,10-11,13H2,1-2H3. The number of aryl methyl sites for hydroxylation is 1. The molecule has 5 heteroatoms. The van der Waals surface area contributed by atoms with E-state index in [1.807, 2.05) is 12.1 Å². The summed E-state index contributed by atoms with van der Waals surface area (Å²) < 4.78 is 11.2. The molecule has 2 heterocycles. The molecule has 0 amide bonds. The minimum absolute atomic E-state index is 0.234. The summed E-state index contributed by atoms with van der Waals surface area (Å²) in [7, 11) is 0. The van der Waals surface area contributed by atoms with Gasteiger partial charge in [0.25, 0.3) is 0 Å². The molecule has 3 aromatic rings. The fourth-order valence-corrected chi connectivity index (χ4v) is 4.17. The normalized spacial score (nSPS) is 14.2. The number of aromatic nitrogens is 1. The number of fused-ring (bicyclic) bond motifs is 1. The van der Waals surface area contributed by atoms with E-state index in [0.717, 1.165) is 28.7 Å². The number of benzene rings is 2. The molecule has 4 nitrogen and oxygen atoms in total. The number of rotatable bonds is 5. The molecule has 0 radical (unpaired) electrons. The highest BCUT2D eigenvalue weighted by atomic mass is 32.1. The summed E-state index contributed by atoms with van der Waals surface area (Å²) in [6.07, 6.45) is 0. The van der Waals surface area contributed by atoms with Crippen LogP contribution in [0.5, 0.6) is 11.5 Å². The van der Waals surface area contributed by atoms with Gasteiger partial charge in [0.05, 0.1) is 5.69 Å². The van der Waals surface area contributed by atoms with Crippen LogP contribution >= 0.6 is 11.3 Å². The second-order valence-corrected chi connectivity index (χ2v) is 7.45. The van der Waals surface area contributed by atoms with Crippen LogP contribution in [-0.2, 0) is 6.54 Å². The minimum Gasteiger partial charge on any atom is -0.486 e. The van der Waals surface area contributed by atoms with Crippen LogP contribution in [0.15, 0.2) is 48.5 Å². The summed E-state index contributed by atoms with van der Waals surface area (Å²) in [5.74, 6) is 1.67. The van der Waals surface area contributed by atoms with E-state index in [4.69, 9.17) is 14.5 Å². The Morgan fingerprint density at radius 3 is 2.65 bits per heavy atom.